The van der Waals surface area contributed by atoms with Crippen molar-refractivity contribution in [3.8, 4) is 0 Å². The fourth-order valence-electron chi connectivity index (χ4n) is 4.94. The van der Waals surface area contributed by atoms with Gasteiger partial charge in [-0.1, -0.05) is 44.2 Å². The number of thiazole rings is 1. The van der Waals surface area contributed by atoms with E-state index >= 15 is 0 Å². The summed E-state index contributed by atoms with van der Waals surface area (Å²) < 4.78 is 3.56. The molecule has 1 saturated heterocycles. The van der Waals surface area contributed by atoms with Gasteiger partial charge in [0.05, 0.1) is 20.8 Å². The van der Waals surface area contributed by atoms with Gasteiger partial charge >= 0.3 is 0 Å². The third-order valence-electron chi connectivity index (χ3n) is 6.82. The van der Waals surface area contributed by atoms with Crippen LogP contribution in [0, 0.1) is 5.92 Å². The number of amides is 1. The SMILES string of the molecule is CC(C)CNC(=O)c1cn(CCCN2CCC(c3nc4ccccc4s3)CC2)c2ccccc12. The van der Waals surface area contributed by atoms with Crippen LogP contribution in [0.25, 0.3) is 21.1 Å². The van der Waals surface area contributed by atoms with E-state index in [1.807, 2.05) is 23.6 Å². The van der Waals surface area contributed by atoms with Crippen LogP contribution in [0.15, 0.2) is 54.7 Å². The molecule has 0 bridgehead atoms. The van der Waals surface area contributed by atoms with Gasteiger partial charge < -0.3 is 14.8 Å². The van der Waals surface area contributed by atoms with Crippen molar-refractivity contribution in [3.63, 3.8) is 0 Å². The maximum absolute atomic E-state index is 12.8. The van der Waals surface area contributed by atoms with Gasteiger partial charge in [-0.3, -0.25) is 4.79 Å². The maximum Gasteiger partial charge on any atom is 0.253 e. The molecule has 178 valence electrons. The van der Waals surface area contributed by atoms with Crippen molar-refractivity contribution >= 4 is 38.4 Å². The molecule has 0 saturated carbocycles. The summed E-state index contributed by atoms with van der Waals surface area (Å²) in [5.41, 5.74) is 3.07. The second kappa shape index (κ2) is 10.3. The van der Waals surface area contributed by atoms with Crippen LogP contribution in [0.4, 0.5) is 0 Å². The highest BCUT2D eigenvalue weighted by Gasteiger charge is 2.23. The maximum atomic E-state index is 12.8. The lowest BCUT2D eigenvalue weighted by atomic mass is 9.97. The summed E-state index contributed by atoms with van der Waals surface area (Å²) in [5.74, 6) is 1.06. The summed E-state index contributed by atoms with van der Waals surface area (Å²) >= 11 is 1.87. The zero-order valence-corrected chi connectivity index (χ0v) is 21.0. The van der Waals surface area contributed by atoms with Crippen LogP contribution in [0.1, 0.15) is 54.4 Å². The minimum absolute atomic E-state index is 0.0283. The summed E-state index contributed by atoms with van der Waals surface area (Å²) in [6.45, 7) is 9.22. The lowest BCUT2D eigenvalue weighted by Crippen LogP contribution is -2.34. The van der Waals surface area contributed by atoms with Gasteiger partial charge in [-0.15, -0.1) is 11.3 Å². The highest BCUT2D eigenvalue weighted by molar-refractivity contribution is 7.18. The number of hydrogen-bond donors (Lipinski definition) is 1. The lowest BCUT2D eigenvalue weighted by molar-refractivity contribution is 0.0950. The molecule has 2 aromatic carbocycles. The predicted molar refractivity (Wildman–Crippen MR) is 142 cm³/mol. The Hall–Kier alpha value is -2.70. The first-order chi connectivity index (χ1) is 16.6. The number of nitrogens with zero attached hydrogens (tertiary/aromatic N) is 3. The number of aryl methyl sites for hydroxylation is 1. The van der Waals surface area contributed by atoms with Gasteiger partial charge in [0.25, 0.3) is 5.91 Å². The third-order valence-corrected chi connectivity index (χ3v) is 8.02. The number of fused-ring (bicyclic) bond motifs is 2. The molecule has 0 spiro atoms. The molecular formula is C28H34N4OS. The Bertz CT molecular complexity index is 1230. The number of carbonyl (C=O) groups excluding carboxylic acids is 1. The van der Waals surface area contributed by atoms with Gasteiger partial charge in [-0.2, -0.15) is 0 Å². The van der Waals surface area contributed by atoms with Gasteiger partial charge in [0.2, 0.25) is 0 Å². The molecule has 0 unspecified atom stereocenters. The highest BCUT2D eigenvalue weighted by Crippen LogP contribution is 2.33. The van der Waals surface area contributed by atoms with Crippen LogP contribution in [-0.2, 0) is 6.54 Å². The third kappa shape index (κ3) is 5.03. The molecule has 1 fully saturated rings. The molecule has 5 rings (SSSR count). The first-order valence-electron chi connectivity index (χ1n) is 12.5. The van der Waals surface area contributed by atoms with Crippen LogP contribution in [0.5, 0.6) is 0 Å². The molecule has 3 heterocycles. The van der Waals surface area contributed by atoms with Crippen molar-refractivity contribution < 1.29 is 4.79 Å². The number of hydrogen-bond acceptors (Lipinski definition) is 4. The van der Waals surface area contributed by atoms with Gasteiger partial charge in [0, 0.05) is 36.1 Å². The van der Waals surface area contributed by atoms with Crippen LogP contribution >= 0.6 is 11.3 Å². The Kier molecular flexibility index (Phi) is 6.97. The highest BCUT2D eigenvalue weighted by atomic mass is 32.1. The zero-order valence-electron chi connectivity index (χ0n) is 20.2. The molecule has 2 aromatic heterocycles. The van der Waals surface area contributed by atoms with E-state index in [1.54, 1.807) is 0 Å². The number of piperidine rings is 1. The minimum Gasteiger partial charge on any atom is -0.352 e. The topological polar surface area (TPSA) is 50.2 Å². The quantitative estimate of drug-likeness (QED) is 0.346. The Morgan fingerprint density at radius 1 is 1.09 bits per heavy atom. The van der Waals surface area contributed by atoms with Gasteiger partial charge in [-0.05, 0) is 63.0 Å². The molecule has 1 amide bonds. The van der Waals surface area contributed by atoms with Crippen LogP contribution < -0.4 is 5.32 Å². The molecule has 0 aliphatic carbocycles. The summed E-state index contributed by atoms with van der Waals surface area (Å²) in [4.78, 5) is 20.2. The first kappa shape index (κ1) is 23.1. The molecule has 0 atom stereocenters. The zero-order chi connectivity index (χ0) is 23.5. The van der Waals surface area contributed by atoms with E-state index < -0.39 is 0 Å². The van der Waals surface area contributed by atoms with Crippen molar-refractivity contribution in [3.05, 3.63) is 65.3 Å². The monoisotopic (exact) mass is 474 g/mol. The average molecular weight is 475 g/mol. The smallest absolute Gasteiger partial charge is 0.253 e. The first-order valence-corrected chi connectivity index (χ1v) is 13.3. The molecule has 5 nitrogen and oxygen atoms in total. The molecule has 1 aliphatic rings. The number of nitrogens with one attached hydrogen (secondary N) is 1. The number of rotatable bonds is 8. The minimum atomic E-state index is 0.0283. The summed E-state index contributed by atoms with van der Waals surface area (Å²) in [5, 5.41) is 5.42. The second-order valence-electron chi connectivity index (χ2n) is 9.85. The van der Waals surface area contributed by atoms with Gasteiger partial charge in [0.1, 0.15) is 0 Å². The molecule has 0 radical (unpaired) electrons. The molecule has 4 aromatic rings. The molecule has 34 heavy (non-hydrogen) atoms. The second-order valence-corrected chi connectivity index (χ2v) is 10.9. The standard InChI is InChI=1S/C28H34N4OS/c1-20(2)18-29-27(33)23-19-32(25-10-5-3-8-22(23)25)15-7-14-31-16-12-21(13-17-31)28-30-24-9-4-6-11-26(24)34-28/h3-6,8-11,19-21H,7,12-18H2,1-2H3,(H,29,33). The Balaban J connectivity index is 1.16. The number of likely N-dealkylation sites (tertiary alicyclic amines) is 1. The van der Waals surface area contributed by atoms with E-state index in [4.69, 9.17) is 4.98 Å². The van der Waals surface area contributed by atoms with E-state index in [2.05, 4.69) is 71.1 Å². The largest absolute Gasteiger partial charge is 0.352 e. The average Bonchev–Trinajstić information content (AvgIpc) is 3.45. The lowest BCUT2D eigenvalue weighted by Gasteiger charge is -2.31. The normalized spacial score (nSPS) is 15.5. The Labute approximate surface area is 205 Å². The molecular weight excluding hydrogens is 440 g/mol. The van der Waals surface area contributed by atoms with E-state index in [0.717, 1.165) is 54.6 Å². The molecule has 1 N–H and O–H groups in total. The Morgan fingerprint density at radius 2 is 1.85 bits per heavy atom. The molecule has 6 heteroatoms. The van der Waals surface area contributed by atoms with Crippen molar-refractivity contribution in [1.82, 2.24) is 19.8 Å². The van der Waals surface area contributed by atoms with Crippen molar-refractivity contribution in [2.24, 2.45) is 5.92 Å². The Morgan fingerprint density at radius 3 is 2.65 bits per heavy atom. The van der Waals surface area contributed by atoms with Crippen molar-refractivity contribution in [1.29, 1.82) is 0 Å². The van der Waals surface area contributed by atoms with Crippen LogP contribution in [-0.4, -0.2) is 46.5 Å². The molecule has 1 aliphatic heterocycles. The van der Waals surface area contributed by atoms with Crippen LogP contribution in [0.2, 0.25) is 0 Å². The summed E-state index contributed by atoms with van der Waals surface area (Å²) in [6.07, 6.45) is 5.50. The van der Waals surface area contributed by atoms with E-state index in [1.165, 1.54) is 22.5 Å². The van der Waals surface area contributed by atoms with Crippen LogP contribution in [0.3, 0.4) is 0 Å². The van der Waals surface area contributed by atoms with E-state index in [0.29, 0.717) is 18.4 Å². The number of benzene rings is 2. The van der Waals surface area contributed by atoms with E-state index in [9.17, 15) is 4.79 Å². The van der Waals surface area contributed by atoms with Gasteiger partial charge in [0.15, 0.2) is 0 Å². The number of carbonyl (C=O) groups is 1. The van der Waals surface area contributed by atoms with E-state index in [-0.39, 0.29) is 5.91 Å². The predicted octanol–water partition coefficient (Wildman–Crippen LogP) is 5.91. The van der Waals surface area contributed by atoms with Crippen molar-refractivity contribution in [2.75, 3.05) is 26.2 Å². The summed E-state index contributed by atoms with van der Waals surface area (Å²) in [7, 11) is 0. The number of aromatic nitrogens is 2. The summed E-state index contributed by atoms with van der Waals surface area (Å²) in [6, 6.07) is 16.7. The van der Waals surface area contributed by atoms with Gasteiger partial charge in [-0.25, -0.2) is 4.98 Å². The fraction of sp³-hybridized carbons (Fsp3) is 0.429. The fourth-order valence-corrected chi connectivity index (χ4v) is 6.07. The number of para-hydroxylation sites is 2. The van der Waals surface area contributed by atoms with Crippen molar-refractivity contribution in [2.45, 2.75) is 45.6 Å².